The van der Waals surface area contributed by atoms with E-state index in [1.165, 1.54) is 0 Å². The van der Waals surface area contributed by atoms with Crippen molar-refractivity contribution in [1.29, 1.82) is 5.26 Å². The van der Waals surface area contributed by atoms with E-state index in [4.69, 9.17) is 16.2 Å². The predicted molar refractivity (Wildman–Crippen MR) is 135 cm³/mol. The Kier molecular flexibility index (Phi) is 9.49. The second kappa shape index (κ2) is 12.5. The Balaban J connectivity index is 1.36. The molecule has 9 heteroatoms. The van der Waals surface area contributed by atoms with E-state index in [9.17, 15) is 14.9 Å². The zero-order valence-corrected chi connectivity index (χ0v) is 20.9. The van der Waals surface area contributed by atoms with E-state index in [0.717, 1.165) is 37.9 Å². The monoisotopic (exact) mass is 482 g/mol. The zero-order chi connectivity index (χ0) is 25.4. The van der Waals surface area contributed by atoms with Crippen LogP contribution >= 0.6 is 0 Å². The Morgan fingerprint density at radius 2 is 1.86 bits per heavy atom. The van der Waals surface area contributed by atoms with Gasteiger partial charge in [0.1, 0.15) is 23.7 Å². The molecule has 9 nitrogen and oxygen atoms in total. The summed E-state index contributed by atoms with van der Waals surface area (Å²) < 4.78 is 5.88. The molecule has 1 aromatic rings. The Hall–Kier alpha value is -3.12. The summed E-state index contributed by atoms with van der Waals surface area (Å²) in [4.78, 5) is 32.3. The number of aliphatic imine (C=N–C) groups is 1. The lowest BCUT2D eigenvalue weighted by atomic mass is 9.92. The maximum atomic E-state index is 12.7. The lowest BCUT2D eigenvalue weighted by Gasteiger charge is -2.30. The first-order valence-corrected chi connectivity index (χ1v) is 12.6. The standard InChI is InChI=1S/C26H38N6O3/c1-18(2)24(29)30-26(34)31-14-11-19(12-15-31)5-4-16-35-22-9-7-20(8-10-22)23(28)25(33)32-13-3-6-21(32)17-27/h7-10,18-19,21,23H,3-6,11-16,28H2,1-2H3,(H2,29,30,34)/t21-,23+/m0/s1. The molecule has 190 valence electrons. The van der Waals surface area contributed by atoms with Gasteiger partial charge in [0.05, 0.1) is 12.7 Å². The lowest BCUT2D eigenvalue weighted by molar-refractivity contribution is -0.132. The number of nitriles is 1. The topological polar surface area (TPSA) is 138 Å². The maximum Gasteiger partial charge on any atom is 0.345 e. The molecule has 0 aromatic heterocycles. The number of urea groups is 1. The fourth-order valence-electron chi connectivity index (χ4n) is 4.54. The van der Waals surface area contributed by atoms with Gasteiger partial charge in [0.2, 0.25) is 5.91 Å². The molecule has 3 amide bonds. The zero-order valence-electron chi connectivity index (χ0n) is 20.9. The third-order valence-corrected chi connectivity index (χ3v) is 6.92. The van der Waals surface area contributed by atoms with Gasteiger partial charge in [-0.25, -0.2) is 4.79 Å². The Labute approximate surface area is 208 Å². The van der Waals surface area contributed by atoms with E-state index in [2.05, 4.69) is 11.1 Å². The first kappa shape index (κ1) is 26.5. The van der Waals surface area contributed by atoms with Crippen LogP contribution in [0.3, 0.4) is 0 Å². The summed E-state index contributed by atoms with van der Waals surface area (Å²) in [6, 6.07) is 8.11. The van der Waals surface area contributed by atoms with Crippen LogP contribution in [0.2, 0.25) is 0 Å². The van der Waals surface area contributed by atoms with Crippen molar-refractivity contribution in [1.82, 2.24) is 9.80 Å². The molecular formula is C26H38N6O3. The maximum absolute atomic E-state index is 12.7. The molecule has 2 atom stereocenters. The van der Waals surface area contributed by atoms with E-state index < -0.39 is 6.04 Å². The number of ether oxygens (including phenoxy) is 1. The number of nitrogens with two attached hydrogens (primary N) is 2. The third-order valence-electron chi connectivity index (χ3n) is 6.92. The van der Waals surface area contributed by atoms with Crippen LogP contribution in [-0.2, 0) is 4.79 Å². The van der Waals surface area contributed by atoms with E-state index in [0.29, 0.717) is 50.0 Å². The lowest BCUT2D eigenvalue weighted by Crippen LogP contribution is -2.40. The SMILES string of the molecule is CC(C)/C(N)=N/C(=O)N1CCC(CCCOc2ccc([C@@H](N)C(=O)N3CCC[C@H]3C#N)cc2)CC1. The van der Waals surface area contributed by atoms with Gasteiger partial charge in [-0.1, -0.05) is 26.0 Å². The normalized spacial score (nSPS) is 20.1. The van der Waals surface area contributed by atoms with Crippen LogP contribution < -0.4 is 16.2 Å². The van der Waals surface area contributed by atoms with Crippen LogP contribution in [0.15, 0.2) is 29.3 Å². The highest BCUT2D eigenvalue weighted by Crippen LogP contribution is 2.25. The summed E-state index contributed by atoms with van der Waals surface area (Å²) >= 11 is 0. The average Bonchev–Trinajstić information content (AvgIpc) is 3.35. The molecule has 0 spiro atoms. The number of likely N-dealkylation sites (tertiary alicyclic amines) is 2. The fraction of sp³-hybridized carbons (Fsp3) is 0.615. The number of hydrogen-bond donors (Lipinski definition) is 2. The second-order valence-corrected chi connectivity index (χ2v) is 9.76. The van der Waals surface area contributed by atoms with Gasteiger partial charge in [-0.2, -0.15) is 10.3 Å². The van der Waals surface area contributed by atoms with Crippen molar-refractivity contribution in [2.24, 2.45) is 28.3 Å². The number of hydrogen-bond acceptors (Lipinski definition) is 5. The molecular weight excluding hydrogens is 444 g/mol. The molecule has 1 aromatic carbocycles. The summed E-state index contributed by atoms with van der Waals surface area (Å²) in [5.41, 5.74) is 12.7. The van der Waals surface area contributed by atoms with Crippen LogP contribution in [0.5, 0.6) is 5.75 Å². The van der Waals surface area contributed by atoms with Crippen molar-refractivity contribution in [3.05, 3.63) is 29.8 Å². The van der Waals surface area contributed by atoms with Gasteiger partial charge >= 0.3 is 6.03 Å². The molecule has 3 rings (SSSR count). The molecule has 4 N–H and O–H groups in total. The number of benzene rings is 1. The molecule has 0 saturated carbocycles. The highest BCUT2D eigenvalue weighted by atomic mass is 16.5. The number of amidine groups is 1. The molecule has 0 bridgehead atoms. The summed E-state index contributed by atoms with van der Waals surface area (Å²) in [6.45, 7) is 6.47. The summed E-state index contributed by atoms with van der Waals surface area (Å²) in [5.74, 6) is 1.56. The Morgan fingerprint density at radius 3 is 2.49 bits per heavy atom. The number of rotatable bonds is 8. The van der Waals surface area contributed by atoms with E-state index in [1.54, 1.807) is 9.80 Å². The molecule has 35 heavy (non-hydrogen) atoms. The first-order chi connectivity index (χ1) is 16.8. The average molecular weight is 483 g/mol. The van der Waals surface area contributed by atoms with Crippen LogP contribution in [0, 0.1) is 23.2 Å². The molecule has 0 aliphatic carbocycles. The Morgan fingerprint density at radius 1 is 1.17 bits per heavy atom. The minimum atomic E-state index is -0.775. The van der Waals surface area contributed by atoms with Gasteiger partial charge in [0.25, 0.3) is 0 Å². The van der Waals surface area contributed by atoms with E-state index >= 15 is 0 Å². The van der Waals surface area contributed by atoms with Crippen molar-refractivity contribution in [2.45, 2.75) is 64.5 Å². The third kappa shape index (κ3) is 7.18. The minimum Gasteiger partial charge on any atom is -0.494 e. The van der Waals surface area contributed by atoms with Gasteiger partial charge in [0.15, 0.2) is 0 Å². The van der Waals surface area contributed by atoms with Gasteiger partial charge in [-0.05, 0) is 62.1 Å². The van der Waals surface area contributed by atoms with Gasteiger partial charge in [-0.3, -0.25) is 4.79 Å². The van der Waals surface area contributed by atoms with Crippen LogP contribution in [-0.4, -0.2) is 59.9 Å². The summed E-state index contributed by atoms with van der Waals surface area (Å²) in [5, 5.41) is 9.21. The van der Waals surface area contributed by atoms with Crippen molar-refractivity contribution in [2.75, 3.05) is 26.2 Å². The minimum absolute atomic E-state index is 0.0685. The second-order valence-electron chi connectivity index (χ2n) is 9.76. The quantitative estimate of drug-likeness (QED) is 0.331. The van der Waals surface area contributed by atoms with Crippen molar-refractivity contribution >= 4 is 17.8 Å². The Bertz CT molecular complexity index is 931. The largest absolute Gasteiger partial charge is 0.494 e. The highest BCUT2D eigenvalue weighted by molar-refractivity contribution is 5.93. The molecule has 2 saturated heterocycles. The number of amides is 3. The fourth-order valence-corrected chi connectivity index (χ4v) is 4.54. The van der Waals surface area contributed by atoms with Crippen LogP contribution in [0.1, 0.15) is 64.0 Å². The number of carbonyl (C=O) groups excluding carboxylic acids is 2. The highest BCUT2D eigenvalue weighted by Gasteiger charge is 2.32. The molecule has 2 aliphatic rings. The van der Waals surface area contributed by atoms with Crippen molar-refractivity contribution in [3.63, 3.8) is 0 Å². The van der Waals surface area contributed by atoms with Crippen molar-refractivity contribution < 1.29 is 14.3 Å². The predicted octanol–water partition coefficient (Wildman–Crippen LogP) is 3.21. The van der Waals surface area contributed by atoms with Gasteiger partial charge < -0.3 is 26.0 Å². The molecule has 0 radical (unpaired) electrons. The number of carbonyl (C=O) groups is 2. The van der Waals surface area contributed by atoms with Crippen LogP contribution in [0.25, 0.3) is 0 Å². The smallest absolute Gasteiger partial charge is 0.345 e. The molecule has 2 aliphatic heterocycles. The van der Waals surface area contributed by atoms with Gasteiger partial charge in [-0.15, -0.1) is 0 Å². The first-order valence-electron chi connectivity index (χ1n) is 12.6. The molecule has 2 heterocycles. The summed E-state index contributed by atoms with van der Waals surface area (Å²) in [6.07, 6.45) is 5.46. The van der Waals surface area contributed by atoms with Gasteiger partial charge in [0, 0.05) is 25.6 Å². The van der Waals surface area contributed by atoms with Crippen molar-refractivity contribution in [3.8, 4) is 11.8 Å². The summed E-state index contributed by atoms with van der Waals surface area (Å²) in [7, 11) is 0. The number of piperidine rings is 1. The number of nitrogens with zero attached hydrogens (tertiary/aromatic N) is 4. The van der Waals surface area contributed by atoms with E-state index in [1.807, 2.05) is 38.1 Å². The van der Waals surface area contributed by atoms with E-state index in [-0.39, 0.29) is 23.9 Å². The van der Waals surface area contributed by atoms with Crippen LogP contribution in [0.4, 0.5) is 4.79 Å². The molecule has 0 unspecified atom stereocenters. The molecule has 2 fully saturated rings.